The van der Waals surface area contributed by atoms with Crippen molar-refractivity contribution in [2.75, 3.05) is 0 Å². The third-order valence-corrected chi connectivity index (χ3v) is 2.95. The van der Waals surface area contributed by atoms with Gasteiger partial charge >= 0.3 is 0 Å². The van der Waals surface area contributed by atoms with Gasteiger partial charge in [-0.3, -0.25) is 9.78 Å². The van der Waals surface area contributed by atoms with Crippen LogP contribution in [0.5, 0.6) is 0 Å². The number of fused-ring (bicyclic) bond motifs is 1. The van der Waals surface area contributed by atoms with Crippen LogP contribution >= 0.6 is 0 Å². The maximum Gasteiger partial charge on any atom is 0.246 e. The summed E-state index contributed by atoms with van der Waals surface area (Å²) in [5, 5.41) is 0.969. The molecular formula is C15H11NO2. The van der Waals surface area contributed by atoms with E-state index < -0.39 is 0 Å². The Bertz CT molecular complexity index is 714. The van der Waals surface area contributed by atoms with Gasteiger partial charge in [0.1, 0.15) is 11.3 Å². The molecule has 0 aliphatic carbocycles. The first kappa shape index (κ1) is 10.7. The molecule has 0 unspecified atom stereocenters. The van der Waals surface area contributed by atoms with Gasteiger partial charge in [0.05, 0.1) is 0 Å². The zero-order chi connectivity index (χ0) is 12.5. The highest BCUT2D eigenvalue weighted by Crippen LogP contribution is 2.26. The molecule has 0 radical (unpaired) electrons. The molecule has 0 aliphatic rings. The van der Waals surface area contributed by atoms with E-state index in [4.69, 9.17) is 4.42 Å². The topological polar surface area (TPSA) is 43.1 Å². The number of ketones is 1. The maximum absolute atomic E-state index is 12.3. The molecule has 2 heterocycles. The van der Waals surface area contributed by atoms with Gasteiger partial charge in [-0.05, 0) is 25.1 Å². The third kappa shape index (κ3) is 1.61. The minimum Gasteiger partial charge on any atom is -0.452 e. The van der Waals surface area contributed by atoms with Crippen LogP contribution < -0.4 is 0 Å². The Kier molecular flexibility index (Phi) is 2.45. The smallest absolute Gasteiger partial charge is 0.246 e. The maximum atomic E-state index is 12.3. The van der Waals surface area contributed by atoms with Gasteiger partial charge in [-0.2, -0.15) is 0 Å². The number of para-hydroxylation sites is 1. The van der Waals surface area contributed by atoms with Crippen molar-refractivity contribution in [1.82, 2.24) is 4.98 Å². The molecule has 3 aromatic rings. The second-order valence-electron chi connectivity index (χ2n) is 4.10. The molecule has 0 saturated carbocycles. The molecule has 3 heteroatoms. The molecule has 88 valence electrons. The Morgan fingerprint density at radius 3 is 2.61 bits per heavy atom. The van der Waals surface area contributed by atoms with E-state index >= 15 is 0 Å². The van der Waals surface area contributed by atoms with Crippen LogP contribution in [0.3, 0.4) is 0 Å². The summed E-state index contributed by atoms with van der Waals surface area (Å²) in [5.41, 5.74) is 2.00. The normalized spacial score (nSPS) is 10.7. The van der Waals surface area contributed by atoms with Crippen LogP contribution in [0.15, 0.2) is 53.1 Å². The highest BCUT2D eigenvalue weighted by atomic mass is 16.3. The summed E-state index contributed by atoms with van der Waals surface area (Å²) in [7, 11) is 0. The van der Waals surface area contributed by atoms with Crippen molar-refractivity contribution in [3.05, 3.63) is 65.7 Å². The van der Waals surface area contributed by atoms with E-state index in [1.54, 1.807) is 24.4 Å². The Labute approximate surface area is 104 Å². The van der Waals surface area contributed by atoms with E-state index in [0.717, 1.165) is 16.5 Å². The molecule has 0 saturated heterocycles. The number of benzene rings is 1. The van der Waals surface area contributed by atoms with Crippen LogP contribution in [0.25, 0.3) is 11.0 Å². The minimum atomic E-state index is -0.177. The molecule has 0 bridgehead atoms. The van der Waals surface area contributed by atoms with Crippen LogP contribution in [-0.4, -0.2) is 10.8 Å². The van der Waals surface area contributed by atoms with Crippen molar-refractivity contribution in [1.29, 1.82) is 0 Å². The number of rotatable bonds is 2. The van der Waals surface area contributed by atoms with E-state index in [2.05, 4.69) is 4.98 Å². The lowest BCUT2D eigenvalue weighted by molar-refractivity contribution is 0.101. The molecule has 3 rings (SSSR count). The first-order valence-corrected chi connectivity index (χ1v) is 5.71. The first-order valence-electron chi connectivity index (χ1n) is 5.71. The molecule has 0 fully saturated rings. The third-order valence-electron chi connectivity index (χ3n) is 2.95. The molecule has 0 spiro atoms. The number of aryl methyl sites for hydroxylation is 1. The second kappa shape index (κ2) is 4.11. The predicted octanol–water partition coefficient (Wildman–Crippen LogP) is 3.37. The van der Waals surface area contributed by atoms with Crippen molar-refractivity contribution in [3.63, 3.8) is 0 Å². The fourth-order valence-corrected chi connectivity index (χ4v) is 2.00. The Balaban J connectivity index is 2.15. The largest absolute Gasteiger partial charge is 0.452 e. The van der Waals surface area contributed by atoms with Gasteiger partial charge in [0, 0.05) is 17.1 Å². The first-order chi connectivity index (χ1) is 8.77. The fraction of sp³-hybridized carbons (Fsp3) is 0.0667. The van der Waals surface area contributed by atoms with E-state index in [-0.39, 0.29) is 5.78 Å². The number of nitrogens with zero attached hydrogens (tertiary/aromatic N) is 1. The quantitative estimate of drug-likeness (QED) is 0.642. The lowest BCUT2D eigenvalue weighted by atomic mass is 10.1. The summed E-state index contributed by atoms with van der Waals surface area (Å²) in [4.78, 5) is 16.3. The molecule has 0 N–H and O–H groups in total. The van der Waals surface area contributed by atoms with Crippen molar-refractivity contribution >= 4 is 16.8 Å². The van der Waals surface area contributed by atoms with E-state index in [0.29, 0.717) is 11.5 Å². The monoisotopic (exact) mass is 237 g/mol. The summed E-state index contributed by atoms with van der Waals surface area (Å²) in [6.45, 7) is 1.89. The van der Waals surface area contributed by atoms with Crippen molar-refractivity contribution in [2.45, 2.75) is 6.92 Å². The van der Waals surface area contributed by atoms with Gasteiger partial charge < -0.3 is 4.42 Å². The highest BCUT2D eigenvalue weighted by Gasteiger charge is 2.19. The molecule has 2 aromatic heterocycles. The van der Waals surface area contributed by atoms with Gasteiger partial charge in [-0.15, -0.1) is 0 Å². The number of hydrogen-bond donors (Lipinski definition) is 0. The number of aromatic nitrogens is 1. The highest BCUT2D eigenvalue weighted by molar-refractivity contribution is 6.09. The van der Waals surface area contributed by atoms with Crippen LogP contribution in [0.1, 0.15) is 21.8 Å². The van der Waals surface area contributed by atoms with Crippen LogP contribution in [0.4, 0.5) is 0 Å². The summed E-state index contributed by atoms with van der Waals surface area (Å²) in [6.07, 6.45) is 1.60. The molecule has 18 heavy (non-hydrogen) atoms. The molecule has 3 nitrogen and oxygen atoms in total. The van der Waals surface area contributed by atoms with E-state index in [1.807, 2.05) is 31.2 Å². The summed E-state index contributed by atoms with van der Waals surface area (Å²) >= 11 is 0. The van der Waals surface area contributed by atoms with Gasteiger partial charge in [0.25, 0.3) is 0 Å². The summed E-state index contributed by atoms with van der Waals surface area (Å²) in [6, 6.07) is 12.9. The zero-order valence-corrected chi connectivity index (χ0v) is 9.88. The van der Waals surface area contributed by atoms with Gasteiger partial charge in [-0.25, -0.2) is 0 Å². The lowest BCUT2D eigenvalue weighted by Crippen LogP contribution is -2.03. The van der Waals surface area contributed by atoms with Crippen molar-refractivity contribution in [3.8, 4) is 0 Å². The molecule has 0 atom stereocenters. The predicted molar refractivity (Wildman–Crippen MR) is 68.6 cm³/mol. The molecule has 1 aromatic carbocycles. The SMILES string of the molecule is Cc1c(C(=O)c2ccccn2)oc2ccccc12. The average molecular weight is 237 g/mol. The standard InChI is InChI=1S/C15H11NO2/c1-10-11-6-2-3-8-13(11)18-15(10)14(17)12-7-4-5-9-16-12/h2-9H,1H3. The van der Waals surface area contributed by atoms with Crippen LogP contribution in [0, 0.1) is 6.92 Å². The number of hydrogen-bond acceptors (Lipinski definition) is 3. The van der Waals surface area contributed by atoms with Gasteiger partial charge in [-0.1, -0.05) is 24.3 Å². The van der Waals surface area contributed by atoms with Gasteiger partial charge in [0.2, 0.25) is 5.78 Å². The number of furan rings is 1. The Morgan fingerprint density at radius 1 is 1.11 bits per heavy atom. The lowest BCUT2D eigenvalue weighted by Gasteiger charge is -1.97. The summed E-state index contributed by atoms with van der Waals surface area (Å²) in [5.74, 6) is 0.194. The minimum absolute atomic E-state index is 0.177. The van der Waals surface area contributed by atoms with Crippen molar-refractivity contribution in [2.24, 2.45) is 0 Å². The Morgan fingerprint density at radius 2 is 1.89 bits per heavy atom. The average Bonchev–Trinajstić information content (AvgIpc) is 2.77. The number of carbonyl (C=O) groups is 1. The second-order valence-corrected chi connectivity index (χ2v) is 4.10. The van der Waals surface area contributed by atoms with Crippen molar-refractivity contribution < 1.29 is 9.21 Å². The van der Waals surface area contributed by atoms with E-state index in [1.165, 1.54) is 0 Å². The molecular weight excluding hydrogens is 226 g/mol. The summed E-state index contributed by atoms with van der Waals surface area (Å²) < 4.78 is 5.63. The zero-order valence-electron chi connectivity index (χ0n) is 9.88. The van der Waals surface area contributed by atoms with Crippen LogP contribution in [-0.2, 0) is 0 Å². The van der Waals surface area contributed by atoms with Crippen LogP contribution in [0.2, 0.25) is 0 Å². The Hall–Kier alpha value is -2.42. The van der Waals surface area contributed by atoms with E-state index in [9.17, 15) is 4.79 Å². The molecule has 0 amide bonds. The molecule has 0 aliphatic heterocycles. The number of pyridine rings is 1. The fourth-order valence-electron chi connectivity index (χ4n) is 2.00. The van der Waals surface area contributed by atoms with Gasteiger partial charge in [0.15, 0.2) is 5.76 Å². The number of carbonyl (C=O) groups excluding carboxylic acids is 1.